The van der Waals surface area contributed by atoms with Gasteiger partial charge >= 0.3 is 18.9 Å². The standard InChI is InChI=1S/C4H5O2.Li.H2O/c1-4(2-5)3-6;;/h5H,1-2H2;;1H2/q-1;+1;/p-1. The summed E-state index contributed by atoms with van der Waals surface area (Å²) >= 11 is 0. The molecule has 8 heavy (non-hydrogen) atoms. The van der Waals surface area contributed by atoms with Gasteiger partial charge in [0.05, 0.1) is 0 Å². The van der Waals surface area contributed by atoms with Crippen LogP contribution < -0.4 is 18.9 Å². The number of carbonyl (C=O) groups excluding carboxylic acids is 1. The summed E-state index contributed by atoms with van der Waals surface area (Å²) in [5, 5.41) is 7.97. The zero-order valence-corrected chi connectivity index (χ0v) is 4.72. The summed E-state index contributed by atoms with van der Waals surface area (Å²) in [6, 6.07) is 0. The quantitative estimate of drug-likeness (QED) is 0.227. The summed E-state index contributed by atoms with van der Waals surface area (Å²) in [5.41, 5.74) is 0.0926. The summed E-state index contributed by atoms with van der Waals surface area (Å²) in [4.78, 5) is 9.35. The van der Waals surface area contributed by atoms with E-state index in [0.717, 1.165) is 0 Å². The first-order valence-corrected chi connectivity index (χ1v) is 1.48. The van der Waals surface area contributed by atoms with E-state index in [2.05, 4.69) is 6.58 Å². The molecule has 3 nitrogen and oxygen atoms in total. The first-order chi connectivity index (χ1) is 2.81. The Labute approximate surface area is 59.9 Å². The predicted octanol–water partition coefficient (Wildman–Crippen LogP) is -3.53. The number of aliphatic hydroxyl groups excluding tert-OH is 1. The topological polar surface area (TPSA) is 67.3 Å². The molecule has 0 aromatic heterocycles. The first kappa shape index (κ1) is 15.7. The molecule has 0 saturated carbocycles. The molecule has 0 aliphatic heterocycles. The van der Waals surface area contributed by atoms with Gasteiger partial charge in [-0.05, 0) is 6.29 Å². The van der Waals surface area contributed by atoms with E-state index < -0.39 is 0 Å². The molecule has 0 saturated heterocycles. The van der Waals surface area contributed by atoms with Crippen LogP contribution in [-0.4, -0.2) is 23.5 Å². The fraction of sp³-hybridized carbons (Fsp3) is 0.250. The van der Waals surface area contributed by atoms with Crippen molar-refractivity contribution in [1.82, 2.24) is 0 Å². The fourth-order valence-electron chi connectivity index (χ4n) is 0.0323. The van der Waals surface area contributed by atoms with E-state index in [-0.39, 0.29) is 36.5 Å². The van der Waals surface area contributed by atoms with Crippen LogP contribution >= 0.6 is 0 Å². The van der Waals surface area contributed by atoms with Crippen molar-refractivity contribution in [2.24, 2.45) is 0 Å². The number of hydrogen-bond acceptors (Lipinski definition) is 3. The Balaban J connectivity index is -0.000000125. The molecule has 0 radical (unpaired) electrons. The van der Waals surface area contributed by atoms with Crippen molar-refractivity contribution < 1.29 is 34.2 Å². The van der Waals surface area contributed by atoms with Gasteiger partial charge in [-0.2, -0.15) is 5.57 Å². The minimum Gasteiger partial charge on any atom is -0.870 e. The molecule has 2 N–H and O–H groups in total. The van der Waals surface area contributed by atoms with E-state index in [9.17, 15) is 4.79 Å². The SMILES string of the molecule is C=C([C-]=O)CO.[Li+].[OH-]. The van der Waals surface area contributed by atoms with Crippen LogP contribution in [0, 0.1) is 0 Å². The van der Waals surface area contributed by atoms with Crippen molar-refractivity contribution in [3.8, 4) is 0 Å². The third-order valence-corrected chi connectivity index (χ3v) is 0.335. The van der Waals surface area contributed by atoms with Gasteiger partial charge < -0.3 is 15.4 Å². The zero-order chi connectivity index (χ0) is 4.99. The van der Waals surface area contributed by atoms with E-state index in [0.29, 0.717) is 0 Å². The van der Waals surface area contributed by atoms with Crippen LogP contribution in [0.25, 0.3) is 0 Å². The number of rotatable bonds is 2. The Morgan fingerprint density at radius 2 is 2.12 bits per heavy atom. The Bertz CT molecular complexity index is 71.7. The van der Waals surface area contributed by atoms with E-state index >= 15 is 0 Å². The van der Waals surface area contributed by atoms with E-state index in [4.69, 9.17) is 5.11 Å². The second-order valence-corrected chi connectivity index (χ2v) is 0.864. The van der Waals surface area contributed by atoms with Gasteiger partial charge in [0.15, 0.2) is 0 Å². The predicted molar refractivity (Wildman–Crippen MR) is 23.9 cm³/mol. The van der Waals surface area contributed by atoms with Gasteiger partial charge in [-0.15, -0.1) is 0 Å². The minimum atomic E-state index is -0.288. The molecular weight excluding hydrogens is 103 g/mol. The molecule has 0 aliphatic carbocycles. The molecule has 0 atom stereocenters. The Hall–Kier alpha value is -0.0726. The van der Waals surface area contributed by atoms with Crippen LogP contribution in [0.3, 0.4) is 0 Å². The van der Waals surface area contributed by atoms with Gasteiger partial charge in [-0.25, -0.2) is 6.58 Å². The number of aliphatic hydroxyl groups is 1. The van der Waals surface area contributed by atoms with E-state index in [1.807, 2.05) is 0 Å². The molecule has 0 aliphatic rings. The molecule has 0 bridgehead atoms. The van der Waals surface area contributed by atoms with Crippen LogP contribution in [-0.2, 0) is 4.79 Å². The molecule has 0 amide bonds. The molecule has 0 heterocycles. The molecule has 0 spiro atoms. The second-order valence-electron chi connectivity index (χ2n) is 0.864. The minimum absolute atomic E-state index is 0. The van der Waals surface area contributed by atoms with E-state index in [1.165, 1.54) is 6.29 Å². The van der Waals surface area contributed by atoms with Crippen molar-refractivity contribution in [1.29, 1.82) is 0 Å². The fourth-order valence-corrected chi connectivity index (χ4v) is 0.0323. The summed E-state index contributed by atoms with van der Waals surface area (Å²) in [7, 11) is 0. The van der Waals surface area contributed by atoms with Crippen LogP contribution in [0.1, 0.15) is 0 Å². The Kier molecular flexibility index (Phi) is 19.6. The normalized spacial score (nSPS) is 5.62. The van der Waals surface area contributed by atoms with Crippen molar-refractivity contribution in [2.75, 3.05) is 6.61 Å². The molecular formula is C4H6LiO3-. The Morgan fingerprint density at radius 3 is 2.12 bits per heavy atom. The van der Waals surface area contributed by atoms with Crippen LogP contribution in [0.2, 0.25) is 0 Å². The average Bonchev–Trinajstić information content (AvgIpc) is 1.65. The third-order valence-electron chi connectivity index (χ3n) is 0.335. The van der Waals surface area contributed by atoms with Gasteiger partial charge in [0.25, 0.3) is 0 Å². The molecule has 42 valence electrons. The van der Waals surface area contributed by atoms with Gasteiger partial charge in [0, 0.05) is 6.61 Å². The molecule has 0 rings (SSSR count). The maximum atomic E-state index is 9.35. The first-order valence-electron chi connectivity index (χ1n) is 1.48. The summed E-state index contributed by atoms with van der Waals surface area (Å²) in [5.74, 6) is 0. The van der Waals surface area contributed by atoms with Crippen molar-refractivity contribution in [3.05, 3.63) is 12.2 Å². The molecule has 0 fully saturated rings. The van der Waals surface area contributed by atoms with E-state index in [1.54, 1.807) is 0 Å². The van der Waals surface area contributed by atoms with Crippen LogP contribution in [0.15, 0.2) is 12.2 Å². The van der Waals surface area contributed by atoms with Crippen LogP contribution in [0.4, 0.5) is 0 Å². The third kappa shape index (κ3) is 9.33. The van der Waals surface area contributed by atoms with Gasteiger partial charge in [-0.1, -0.05) is 0 Å². The maximum Gasteiger partial charge on any atom is 1.00 e. The molecule has 0 unspecified atom stereocenters. The monoisotopic (exact) mass is 109 g/mol. The smallest absolute Gasteiger partial charge is 0.870 e. The average molecular weight is 109 g/mol. The van der Waals surface area contributed by atoms with Gasteiger partial charge in [-0.3, -0.25) is 0 Å². The summed E-state index contributed by atoms with van der Waals surface area (Å²) in [6.07, 6.45) is 1.42. The zero-order valence-electron chi connectivity index (χ0n) is 4.72. The van der Waals surface area contributed by atoms with Gasteiger partial charge in [0.1, 0.15) is 0 Å². The molecule has 4 heteroatoms. The van der Waals surface area contributed by atoms with Crippen LogP contribution in [0.5, 0.6) is 0 Å². The van der Waals surface area contributed by atoms with Crippen molar-refractivity contribution >= 4 is 6.29 Å². The van der Waals surface area contributed by atoms with Crippen molar-refractivity contribution in [3.63, 3.8) is 0 Å². The molecule has 0 aromatic rings. The summed E-state index contributed by atoms with van der Waals surface area (Å²) < 4.78 is 0. The number of hydrogen-bond donors (Lipinski definition) is 1. The van der Waals surface area contributed by atoms with Crippen molar-refractivity contribution in [2.45, 2.75) is 0 Å². The maximum absolute atomic E-state index is 9.35. The summed E-state index contributed by atoms with van der Waals surface area (Å²) in [6.45, 7) is 2.83. The Morgan fingerprint density at radius 1 is 1.75 bits per heavy atom. The largest absolute Gasteiger partial charge is 1.00 e. The second kappa shape index (κ2) is 10.0. The van der Waals surface area contributed by atoms with Gasteiger partial charge in [0.2, 0.25) is 0 Å². The molecule has 0 aromatic carbocycles.